The fourth-order valence-corrected chi connectivity index (χ4v) is 6.52. The smallest absolute Gasteiger partial charge is 0.277 e. The van der Waals surface area contributed by atoms with Gasteiger partial charge in [0, 0.05) is 45.2 Å². The molecule has 0 aliphatic heterocycles. The summed E-state index contributed by atoms with van der Waals surface area (Å²) in [4.78, 5) is 50.1. The molecule has 8 nitrogen and oxygen atoms in total. The maximum Gasteiger partial charge on any atom is 0.277 e. The molecule has 0 saturated carbocycles. The predicted octanol–water partition coefficient (Wildman–Crippen LogP) is 7.90. The zero-order chi connectivity index (χ0) is 28.9. The number of fused-ring (bicyclic) bond motifs is 4. The fourth-order valence-electron chi connectivity index (χ4n) is 6.52. The molecule has 0 saturated heterocycles. The van der Waals surface area contributed by atoms with E-state index in [2.05, 4.69) is 0 Å². The Labute approximate surface area is 236 Å². The van der Waals surface area contributed by atoms with Gasteiger partial charge in [-0.1, -0.05) is 48.5 Å². The highest BCUT2D eigenvalue weighted by Gasteiger charge is 2.31. The maximum absolute atomic E-state index is 13.4. The molecular weight excluding hydrogens is 532 g/mol. The summed E-state index contributed by atoms with van der Waals surface area (Å²) in [5.74, 6) is -0.407. The lowest BCUT2D eigenvalue weighted by atomic mass is 9.79. The average Bonchev–Trinajstić information content (AvgIpc) is 3.01. The van der Waals surface area contributed by atoms with Crippen LogP contribution in [0.2, 0.25) is 0 Å². The van der Waals surface area contributed by atoms with Crippen molar-refractivity contribution < 1.29 is 19.4 Å². The number of non-ortho nitro benzene ring substituents is 2. The summed E-state index contributed by atoms with van der Waals surface area (Å²) >= 11 is 0. The quantitative estimate of drug-likeness (QED) is 0.163. The van der Waals surface area contributed by atoms with Crippen LogP contribution in [0.25, 0.3) is 54.9 Å². The van der Waals surface area contributed by atoms with Gasteiger partial charge in [0.25, 0.3) is 11.4 Å². The van der Waals surface area contributed by atoms with Crippen LogP contribution in [0.4, 0.5) is 11.4 Å². The van der Waals surface area contributed by atoms with Crippen LogP contribution in [0.1, 0.15) is 31.8 Å². The number of nitro benzene ring substituents is 2. The van der Waals surface area contributed by atoms with Crippen LogP contribution < -0.4 is 0 Å². The number of hydrogen-bond donors (Lipinski definition) is 0. The minimum Gasteiger partial charge on any atom is -0.289 e. The van der Waals surface area contributed by atoms with E-state index in [1.54, 1.807) is 36.4 Å². The molecule has 8 heteroatoms. The van der Waals surface area contributed by atoms with Gasteiger partial charge in [-0.3, -0.25) is 29.8 Å². The standard InChI is InChI=1S/C34H16N2O6/c37-33-21-7-3-1-5-19(21)25-13-17(15-27-29(35(39)40)11-9-23(33)31(25)27)18-14-26-20-6-2-4-8-22(20)34(38)24-10-12-30(36(41)42)28(16-18)32(24)26/h1-16H. The van der Waals surface area contributed by atoms with Crippen molar-refractivity contribution in [2.75, 3.05) is 0 Å². The van der Waals surface area contributed by atoms with Gasteiger partial charge in [0.05, 0.1) is 20.6 Å². The third-order valence-electron chi connectivity index (χ3n) is 8.32. The molecule has 0 radical (unpaired) electrons. The summed E-state index contributed by atoms with van der Waals surface area (Å²) < 4.78 is 0. The molecule has 42 heavy (non-hydrogen) atoms. The first kappa shape index (κ1) is 23.8. The molecule has 8 rings (SSSR count). The lowest BCUT2D eigenvalue weighted by Gasteiger charge is -2.23. The van der Waals surface area contributed by atoms with Gasteiger partial charge in [-0.25, -0.2) is 0 Å². The molecule has 0 N–H and O–H groups in total. The van der Waals surface area contributed by atoms with Crippen molar-refractivity contribution in [2.24, 2.45) is 0 Å². The third kappa shape index (κ3) is 3.06. The zero-order valence-electron chi connectivity index (χ0n) is 21.6. The first-order valence-corrected chi connectivity index (χ1v) is 13.1. The van der Waals surface area contributed by atoms with Crippen molar-refractivity contribution >= 4 is 44.5 Å². The third-order valence-corrected chi connectivity index (χ3v) is 8.32. The second kappa shape index (κ2) is 8.25. The second-order valence-electron chi connectivity index (χ2n) is 10.4. The summed E-state index contributed by atoms with van der Waals surface area (Å²) in [5.41, 5.74) is 5.33. The fraction of sp³-hybridized carbons (Fsp3) is 0. The summed E-state index contributed by atoms with van der Waals surface area (Å²) in [6.45, 7) is 0. The van der Waals surface area contributed by atoms with Crippen LogP contribution in [0.15, 0.2) is 97.1 Å². The molecule has 0 spiro atoms. The minimum atomic E-state index is -0.471. The van der Waals surface area contributed by atoms with Gasteiger partial charge < -0.3 is 0 Å². The first-order valence-electron chi connectivity index (χ1n) is 13.1. The summed E-state index contributed by atoms with van der Waals surface area (Å²) in [6.07, 6.45) is 0. The number of benzene rings is 6. The number of carbonyl (C=O) groups excluding carboxylic acids is 2. The Morgan fingerprint density at radius 2 is 0.810 bits per heavy atom. The molecule has 6 aromatic carbocycles. The van der Waals surface area contributed by atoms with Crippen LogP contribution >= 0.6 is 0 Å². The monoisotopic (exact) mass is 548 g/mol. The van der Waals surface area contributed by atoms with E-state index in [9.17, 15) is 29.8 Å². The zero-order valence-corrected chi connectivity index (χ0v) is 21.6. The number of ketones is 2. The van der Waals surface area contributed by atoms with Gasteiger partial charge >= 0.3 is 0 Å². The maximum atomic E-state index is 13.4. The van der Waals surface area contributed by atoms with E-state index in [1.807, 2.05) is 36.4 Å². The van der Waals surface area contributed by atoms with Crippen molar-refractivity contribution in [3.63, 3.8) is 0 Å². The van der Waals surface area contributed by atoms with E-state index in [0.29, 0.717) is 77.2 Å². The van der Waals surface area contributed by atoms with Crippen LogP contribution in [0, 0.1) is 20.2 Å². The Hall–Kier alpha value is -6.02. The predicted molar refractivity (Wildman–Crippen MR) is 158 cm³/mol. The summed E-state index contributed by atoms with van der Waals surface area (Å²) in [7, 11) is 0. The Balaban J connectivity index is 1.52. The number of hydrogen-bond acceptors (Lipinski definition) is 6. The lowest BCUT2D eigenvalue weighted by molar-refractivity contribution is -0.383. The Bertz CT molecular complexity index is 2140. The molecule has 0 amide bonds. The molecule has 0 aromatic heterocycles. The van der Waals surface area contributed by atoms with Gasteiger partial charge in [-0.2, -0.15) is 0 Å². The second-order valence-corrected chi connectivity index (χ2v) is 10.4. The Morgan fingerprint density at radius 3 is 1.19 bits per heavy atom. The highest BCUT2D eigenvalue weighted by atomic mass is 16.6. The molecule has 0 heterocycles. The number of nitro groups is 2. The minimum absolute atomic E-state index is 0.143. The van der Waals surface area contributed by atoms with Crippen molar-refractivity contribution in [2.45, 2.75) is 0 Å². The van der Waals surface area contributed by atoms with E-state index in [0.717, 1.165) is 0 Å². The Kier molecular flexibility index (Phi) is 4.68. The van der Waals surface area contributed by atoms with Crippen LogP contribution in [-0.2, 0) is 0 Å². The van der Waals surface area contributed by atoms with Crippen molar-refractivity contribution in [1.82, 2.24) is 0 Å². The highest BCUT2D eigenvalue weighted by Crippen LogP contribution is 2.48. The molecule has 0 unspecified atom stereocenters. The van der Waals surface area contributed by atoms with Gasteiger partial charge in [-0.05, 0) is 69.8 Å². The molecule has 6 aromatic rings. The van der Waals surface area contributed by atoms with Gasteiger partial charge in [0.1, 0.15) is 0 Å². The average molecular weight is 549 g/mol. The van der Waals surface area contributed by atoms with E-state index < -0.39 is 9.85 Å². The van der Waals surface area contributed by atoms with E-state index in [4.69, 9.17) is 0 Å². The molecule has 2 aliphatic rings. The molecule has 0 bridgehead atoms. The summed E-state index contributed by atoms with van der Waals surface area (Å²) in [5, 5.41) is 25.9. The number of rotatable bonds is 3. The van der Waals surface area contributed by atoms with E-state index >= 15 is 0 Å². The van der Waals surface area contributed by atoms with Gasteiger partial charge in [-0.15, -0.1) is 0 Å². The Morgan fingerprint density at radius 1 is 0.429 bits per heavy atom. The van der Waals surface area contributed by atoms with Crippen LogP contribution in [0.3, 0.4) is 0 Å². The number of nitrogens with zero attached hydrogens (tertiary/aromatic N) is 2. The highest BCUT2D eigenvalue weighted by molar-refractivity contribution is 6.29. The van der Waals surface area contributed by atoms with E-state index in [1.165, 1.54) is 24.3 Å². The van der Waals surface area contributed by atoms with Gasteiger partial charge in [0.2, 0.25) is 0 Å². The topological polar surface area (TPSA) is 120 Å². The molecule has 0 atom stereocenters. The summed E-state index contributed by atoms with van der Waals surface area (Å²) in [6, 6.07) is 27.1. The molecule has 198 valence electrons. The van der Waals surface area contributed by atoms with Crippen molar-refractivity contribution in [3.8, 4) is 33.4 Å². The molecule has 2 aliphatic carbocycles. The van der Waals surface area contributed by atoms with Crippen LogP contribution in [0.5, 0.6) is 0 Å². The van der Waals surface area contributed by atoms with Gasteiger partial charge in [0.15, 0.2) is 11.6 Å². The van der Waals surface area contributed by atoms with Crippen molar-refractivity contribution in [1.29, 1.82) is 0 Å². The molecule has 0 fully saturated rings. The van der Waals surface area contributed by atoms with Crippen LogP contribution in [-0.4, -0.2) is 21.4 Å². The first-order chi connectivity index (χ1) is 20.3. The molecular formula is C34H16N2O6. The lowest BCUT2D eigenvalue weighted by Crippen LogP contribution is -2.11. The number of carbonyl (C=O) groups is 2. The normalized spacial score (nSPS) is 12.8. The van der Waals surface area contributed by atoms with E-state index in [-0.39, 0.29) is 22.9 Å². The van der Waals surface area contributed by atoms with Crippen molar-refractivity contribution in [3.05, 3.63) is 140 Å². The SMILES string of the molecule is O=C1c2ccccc2-c2cc(-c3cc4c5c(ccc([N+](=O)[O-])c5c3)C(=O)c3ccccc3-4)cc3c([N+](=O)[O-])ccc1c23. The largest absolute Gasteiger partial charge is 0.289 e.